The molecule has 19 heavy (non-hydrogen) atoms. The van der Waals surface area contributed by atoms with Crippen LogP contribution in [0.25, 0.3) is 0 Å². The van der Waals surface area contributed by atoms with Gasteiger partial charge in [0.1, 0.15) is 0 Å². The third-order valence-corrected chi connectivity index (χ3v) is 2.68. The zero-order valence-electron chi connectivity index (χ0n) is 11.3. The molecule has 0 saturated carbocycles. The monoisotopic (exact) mass is 265 g/mol. The van der Waals surface area contributed by atoms with E-state index in [4.69, 9.17) is 5.11 Å². The van der Waals surface area contributed by atoms with Gasteiger partial charge in [0.2, 0.25) is 0 Å². The Labute approximate surface area is 112 Å². The molecule has 0 fully saturated rings. The molecule has 0 radical (unpaired) electrons. The van der Waals surface area contributed by atoms with E-state index in [0.29, 0.717) is 12.1 Å². The van der Waals surface area contributed by atoms with Crippen molar-refractivity contribution in [3.05, 3.63) is 35.4 Å². The maximum Gasteiger partial charge on any atom is 0.337 e. The quantitative estimate of drug-likeness (QED) is 0.728. The van der Waals surface area contributed by atoms with Crippen LogP contribution in [0.1, 0.15) is 15.9 Å². The summed E-state index contributed by atoms with van der Waals surface area (Å²) in [5.41, 5.74) is 1.22. The first-order valence-electron chi connectivity index (χ1n) is 6.05. The summed E-state index contributed by atoms with van der Waals surface area (Å²) in [6.45, 7) is 0.776. The predicted octanol–water partition coefficient (Wildman–Crippen LogP) is 0.509. The summed E-state index contributed by atoms with van der Waals surface area (Å²) in [6, 6.07) is 6.84. The van der Waals surface area contributed by atoms with Crippen molar-refractivity contribution in [1.82, 2.24) is 4.90 Å². The van der Waals surface area contributed by atoms with E-state index >= 15 is 0 Å². The molecule has 1 aromatic rings. The Balaban J connectivity index is 2.62. The Morgan fingerprint density at radius 1 is 1.37 bits per heavy atom. The van der Waals surface area contributed by atoms with Crippen LogP contribution in [-0.4, -0.2) is 55.6 Å². The number of hydrogen-bond acceptors (Lipinski definition) is 5. The first kappa shape index (κ1) is 15.3. The number of aliphatic hydroxyl groups excluding tert-OH is 1. The minimum atomic E-state index is -0.410. The van der Waals surface area contributed by atoms with Gasteiger partial charge in [-0.05, 0) is 24.7 Å². The van der Waals surface area contributed by atoms with Gasteiger partial charge in [0.25, 0.3) is 0 Å². The van der Waals surface area contributed by atoms with Gasteiger partial charge in [-0.25, -0.2) is 4.79 Å². The van der Waals surface area contributed by atoms with E-state index in [-0.39, 0.29) is 25.4 Å². The largest absolute Gasteiger partial charge is 0.465 e. The summed E-state index contributed by atoms with van der Waals surface area (Å²) in [6.07, 6.45) is 0.264. The number of benzene rings is 1. The van der Waals surface area contributed by atoms with Gasteiger partial charge in [-0.15, -0.1) is 0 Å². The summed E-state index contributed by atoms with van der Waals surface area (Å²) >= 11 is 0. The molecular formula is C14H19NO4. The molecule has 0 aromatic heterocycles. The molecule has 5 heteroatoms. The molecule has 5 nitrogen and oxygen atoms in total. The lowest BCUT2D eigenvalue weighted by molar-refractivity contribution is -0.119. The number of nitrogens with zero attached hydrogens (tertiary/aromatic N) is 1. The average Bonchev–Trinajstić information content (AvgIpc) is 2.38. The number of esters is 1. The van der Waals surface area contributed by atoms with E-state index in [1.807, 2.05) is 0 Å². The van der Waals surface area contributed by atoms with E-state index in [2.05, 4.69) is 4.74 Å². The number of hydrogen-bond donors (Lipinski definition) is 1. The molecule has 0 spiro atoms. The van der Waals surface area contributed by atoms with Crippen LogP contribution in [0.15, 0.2) is 24.3 Å². The molecule has 0 atom stereocenters. The molecule has 1 N–H and O–H groups in total. The zero-order chi connectivity index (χ0) is 14.3. The summed E-state index contributed by atoms with van der Waals surface area (Å²) in [5.74, 6) is -0.371. The lowest BCUT2D eigenvalue weighted by Crippen LogP contribution is -2.29. The van der Waals surface area contributed by atoms with E-state index in [1.54, 1.807) is 36.2 Å². The zero-order valence-corrected chi connectivity index (χ0v) is 11.3. The first-order valence-corrected chi connectivity index (χ1v) is 6.05. The maximum atomic E-state index is 11.8. The van der Waals surface area contributed by atoms with Crippen LogP contribution in [0.3, 0.4) is 0 Å². The first-order chi connectivity index (χ1) is 9.06. The minimum absolute atomic E-state index is 0.0294. The van der Waals surface area contributed by atoms with Gasteiger partial charge in [0.15, 0.2) is 5.78 Å². The fraction of sp³-hybridized carbons (Fsp3) is 0.429. The van der Waals surface area contributed by atoms with Crippen LogP contribution in [0.2, 0.25) is 0 Å². The van der Waals surface area contributed by atoms with Gasteiger partial charge >= 0.3 is 5.97 Å². The van der Waals surface area contributed by atoms with Crippen LogP contribution in [-0.2, 0) is 16.0 Å². The number of ketones is 1. The molecule has 0 saturated heterocycles. The highest BCUT2D eigenvalue weighted by Crippen LogP contribution is 2.08. The molecule has 0 amide bonds. The lowest BCUT2D eigenvalue weighted by atomic mass is 10.1. The minimum Gasteiger partial charge on any atom is -0.465 e. The van der Waals surface area contributed by atoms with Crippen molar-refractivity contribution in [2.24, 2.45) is 0 Å². The van der Waals surface area contributed by atoms with Gasteiger partial charge in [-0.1, -0.05) is 12.1 Å². The normalized spacial score (nSPS) is 10.5. The van der Waals surface area contributed by atoms with Gasteiger partial charge < -0.3 is 9.84 Å². The van der Waals surface area contributed by atoms with Crippen LogP contribution in [0.5, 0.6) is 0 Å². The number of carbonyl (C=O) groups excluding carboxylic acids is 2. The highest BCUT2D eigenvalue weighted by atomic mass is 16.5. The highest BCUT2D eigenvalue weighted by Gasteiger charge is 2.10. The third kappa shape index (κ3) is 5.19. The molecule has 1 rings (SSSR count). The Hall–Kier alpha value is -1.72. The Bertz CT molecular complexity index is 445. The summed E-state index contributed by atoms with van der Waals surface area (Å²) < 4.78 is 4.63. The van der Waals surface area contributed by atoms with Crippen molar-refractivity contribution < 1.29 is 19.4 Å². The standard InChI is InChI=1S/C14H19NO4/c1-15(6-7-16)10-13(17)9-11-4-3-5-12(8-11)14(18)19-2/h3-5,8,16H,6-7,9-10H2,1-2H3. The molecule has 0 unspecified atom stereocenters. The Kier molecular flexibility index (Phi) is 6.18. The van der Waals surface area contributed by atoms with E-state index in [0.717, 1.165) is 5.56 Å². The Morgan fingerprint density at radius 3 is 2.74 bits per heavy atom. The topological polar surface area (TPSA) is 66.8 Å². The molecule has 0 aliphatic rings. The maximum absolute atomic E-state index is 11.8. The van der Waals surface area contributed by atoms with Crippen LogP contribution < -0.4 is 0 Å². The van der Waals surface area contributed by atoms with E-state index < -0.39 is 5.97 Å². The van der Waals surface area contributed by atoms with Gasteiger partial charge in [-0.3, -0.25) is 9.69 Å². The van der Waals surface area contributed by atoms with E-state index in [9.17, 15) is 9.59 Å². The number of carbonyl (C=O) groups is 2. The molecule has 1 aromatic carbocycles. The fourth-order valence-corrected chi connectivity index (χ4v) is 1.76. The number of aliphatic hydroxyl groups is 1. The van der Waals surface area contributed by atoms with Crippen molar-refractivity contribution in [1.29, 1.82) is 0 Å². The Morgan fingerprint density at radius 2 is 2.11 bits per heavy atom. The van der Waals surface area contributed by atoms with Gasteiger partial charge in [0.05, 0.1) is 25.8 Å². The lowest BCUT2D eigenvalue weighted by Gasteiger charge is -2.13. The molecule has 104 valence electrons. The summed E-state index contributed by atoms with van der Waals surface area (Å²) in [7, 11) is 3.10. The van der Waals surface area contributed by atoms with Crippen molar-refractivity contribution in [2.75, 3.05) is 33.9 Å². The summed E-state index contributed by atoms with van der Waals surface area (Å²) in [5, 5.41) is 8.76. The van der Waals surface area contributed by atoms with Crippen LogP contribution >= 0.6 is 0 Å². The number of rotatable bonds is 7. The second-order valence-corrected chi connectivity index (χ2v) is 4.37. The van der Waals surface area contributed by atoms with Gasteiger partial charge in [-0.2, -0.15) is 0 Å². The second kappa shape index (κ2) is 7.66. The fourth-order valence-electron chi connectivity index (χ4n) is 1.76. The van der Waals surface area contributed by atoms with E-state index in [1.165, 1.54) is 7.11 Å². The number of methoxy groups -OCH3 is 1. The van der Waals surface area contributed by atoms with Crippen molar-refractivity contribution in [3.63, 3.8) is 0 Å². The SMILES string of the molecule is COC(=O)c1cccc(CC(=O)CN(C)CCO)c1. The number of ether oxygens (including phenoxy) is 1. The van der Waals surface area contributed by atoms with Crippen LogP contribution in [0.4, 0.5) is 0 Å². The molecule has 0 aliphatic heterocycles. The molecular weight excluding hydrogens is 246 g/mol. The smallest absolute Gasteiger partial charge is 0.337 e. The van der Waals surface area contributed by atoms with Crippen LogP contribution in [0, 0.1) is 0 Å². The van der Waals surface area contributed by atoms with Gasteiger partial charge in [0, 0.05) is 13.0 Å². The third-order valence-electron chi connectivity index (χ3n) is 2.68. The van der Waals surface area contributed by atoms with Crippen molar-refractivity contribution in [3.8, 4) is 0 Å². The molecule has 0 aliphatic carbocycles. The average molecular weight is 265 g/mol. The molecule has 0 bridgehead atoms. The number of Topliss-reactive ketones (excluding diaryl/α,β-unsaturated/α-hetero) is 1. The van der Waals surface area contributed by atoms with Crippen molar-refractivity contribution >= 4 is 11.8 Å². The summed E-state index contributed by atoms with van der Waals surface area (Å²) in [4.78, 5) is 24.9. The van der Waals surface area contributed by atoms with Crippen molar-refractivity contribution in [2.45, 2.75) is 6.42 Å². The number of likely N-dealkylation sites (N-methyl/N-ethyl adjacent to an activating group) is 1. The highest BCUT2D eigenvalue weighted by molar-refractivity contribution is 5.90. The second-order valence-electron chi connectivity index (χ2n) is 4.37. The predicted molar refractivity (Wildman–Crippen MR) is 71.1 cm³/mol. The molecule has 0 heterocycles.